The second-order valence-corrected chi connectivity index (χ2v) is 8.75. The predicted octanol–water partition coefficient (Wildman–Crippen LogP) is 5.94. The number of nitrogens with zero attached hydrogens (tertiary/aromatic N) is 2. The number of nitrogens with one attached hydrogen (secondary N) is 1. The second kappa shape index (κ2) is 10.8. The van der Waals surface area contributed by atoms with Crippen molar-refractivity contribution >= 4 is 17.9 Å². The number of aromatic nitrogens is 1. The molecule has 1 N–H and O–H groups in total. The number of hydrogen-bond donors (Lipinski definition) is 1. The minimum Gasteiger partial charge on any atom is -0.351 e. The van der Waals surface area contributed by atoms with E-state index in [1.807, 2.05) is 24.2 Å². The van der Waals surface area contributed by atoms with E-state index in [0.29, 0.717) is 16.2 Å². The van der Waals surface area contributed by atoms with Crippen LogP contribution in [0.15, 0.2) is 71.8 Å². The largest absolute Gasteiger partial charge is 0.417 e. The van der Waals surface area contributed by atoms with Crippen LogP contribution in [0.25, 0.3) is 11.3 Å². The monoisotopic (exact) mass is 477 g/mol. The lowest BCUT2D eigenvalue weighted by atomic mass is 10.1. The highest BCUT2D eigenvalue weighted by Gasteiger charge is 2.30. The van der Waals surface area contributed by atoms with E-state index in [1.165, 1.54) is 30.1 Å². The van der Waals surface area contributed by atoms with E-state index < -0.39 is 11.7 Å². The van der Waals surface area contributed by atoms with Crippen molar-refractivity contribution in [3.05, 3.63) is 83.8 Å². The smallest absolute Gasteiger partial charge is 0.351 e. The van der Waals surface area contributed by atoms with Crippen LogP contribution >= 0.6 is 11.9 Å². The van der Waals surface area contributed by atoms with Crippen molar-refractivity contribution < 1.29 is 22.4 Å². The van der Waals surface area contributed by atoms with Crippen molar-refractivity contribution in [1.29, 1.82) is 0 Å². The number of carbonyl (C=O) groups is 1. The molecule has 3 aromatic rings. The number of halogens is 4. The first-order chi connectivity index (χ1) is 15.6. The van der Waals surface area contributed by atoms with Crippen LogP contribution in [0.2, 0.25) is 0 Å². The molecule has 2 aromatic carbocycles. The molecule has 0 radical (unpaired) electrons. The molecule has 1 amide bonds. The molecule has 1 heterocycles. The number of hydrogen-bond acceptors (Lipinski definition) is 4. The minimum absolute atomic E-state index is 0.0399. The molecule has 3 rings (SSSR count). The molecular formula is C24H23F4N3OS. The first-order valence-electron chi connectivity index (χ1n) is 10.2. The standard InChI is InChI=1S/C24H23F4N3OS/c1-16(2)31(33-21-8-4-7-20(25)12-21)15-23(32)30-13-17-5-3-6-18(11-17)22-10-9-19(14-29-22)24(26,27)28/h3-12,14,16H,13,15H2,1-2H3,(H,30,32). The molecule has 0 unspecified atom stereocenters. The Hall–Kier alpha value is -2.91. The lowest BCUT2D eigenvalue weighted by molar-refractivity contribution is -0.137. The van der Waals surface area contributed by atoms with Gasteiger partial charge in [0.15, 0.2) is 0 Å². The van der Waals surface area contributed by atoms with Gasteiger partial charge in [-0.2, -0.15) is 13.2 Å². The summed E-state index contributed by atoms with van der Waals surface area (Å²) in [6, 6.07) is 15.6. The Kier molecular flexibility index (Phi) is 8.10. The Labute approximate surface area is 194 Å². The molecule has 4 nitrogen and oxygen atoms in total. The summed E-state index contributed by atoms with van der Waals surface area (Å²) >= 11 is 1.31. The fraction of sp³-hybridized carbons (Fsp3) is 0.250. The number of carbonyl (C=O) groups excluding carboxylic acids is 1. The quantitative estimate of drug-likeness (QED) is 0.322. The Morgan fingerprint density at radius 3 is 2.48 bits per heavy atom. The van der Waals surface area contributed by atoms with Gasteiger partial charge in [-0.3, -0.25) is 9.78 Å². The number of rotatable bonds is 8. The normalized spacial score (nSPS) is 11.8. The van der Waals surface area contributed by atoms with E-state index in [1.54, 1.807) is 30.3 Å². The van der Waals surface area contributed by atoms with Crippen molar-refractivity contribution in [2.45, 2.75) is 37.5 Å². The van der Waals surface area contributed by atoms with E-state index in [9.17, 15) is 22.4 Å². The Morgan fingerprint density at radius 2 is 1.85 bits per heavy atom. The summed E-state index contributed by atoms with van der Waals surface area (Å²) in [6.07, 6.45) is -3.63. The molecule has 0 spiro atoms. The third-order valence-electron chi connectivity index (χ3n) is 4.70. The molecule has 1 aromatic heterocycles. The van der Waals surface area contributed by atoms with Gasteiger partial charge in [-0.1, -0.05) is 24.3 Å². The lowest BCUT2D eigenvalue weighted by Gasteiger charge is -2.24. The molecule has 9 heteroatoms. The highest BCUT2D eigenvalue weighted by molar-refractivity contribution is 7.97. The number of benzene rings is 2. The maximum atomic E-state index is 13.5. The van der Waals surface area contributed by atoms with Gasteiger partial charge < -0.3 is 5.32 Å². The van der Waals surface area contributed by atoms with Crippen LogP contribution in [-0.4, -0.2) is 27.8 Å². The summed E-state index contributed by atoms with van der Waals surface area (Å²) in [6.45, 7) is 4.25. The summed E-state index contributed by atoms with van der Waals surface area (Å²) < 4.78 is 53.5. The predicted molar refractivity (Wildman–Crippen MR) is 121 cm³/mol. The van der Waals surface area contributed by atoms with Gasteiger partial charge in [-0.25, -0.2) is 8.70 Å². The van der Waals surface area contributed by atoms with Gasteiger partial charge >= 0.3 is 6.18 Å². The van der Waals surface area contributed by atoms with Crippen molar-refractivity contribution in [1.82, 2.24) is 14.6 Å². The molecule has 0 fully saturated rings. The molecule has 0 aliphatic carbocycles. The van der Waals surface area contributed by atoms with E-state index in [-0.39, 0.29) is 30.9 Å². The second-order valence-electron chi connectivity index (χ2n) is 7.62. The number of alkyl halides is 3. The van der Waals surface area contributed by atoms with Crippen LogP contribution < -0.4 is 5.32 Å². The average Bonchev–Trinajstić information content (AvgIpc) is 2.77. The molecule has 0 saturated carbocycles. The van der Waals surface area contributed by atoms with E-state index in [0.717, 1.165) is 17.8 Å². The minimum atomic E-state index is -4.44. The van der Waals surface area contributed by atoms with E-state index in [2.05, 4.69) is 10.3 Å². The first-order valence-corrected chi connectivity index (χ1v) is 11.0. The zero-order valence-electron chi connectivity index (χ0n) is 18.1. The molecule has 0 atom stereocenters. The number of pyridine rings is 1. The summed E-state index contributed by atoms with van der Waals surface area (Å²) in [4.78, 5) is 17.1. The fourth-order valence-corrected chi connectivity index (χ4v) is 3.92. The fourth-order valence-electron chi connectivity index (χ4n) is 2.95. The van der Waals surface area contributed by atoms with Gasteiger partial charge in [-0.15, -0.1) is 0 Å². The highest BCUT2D eigenvalue weighted by atomic mass is 32.2. The van der Waals surface area contributed by atoms with Gasteiger partial charge in [0.25, 0.3) is 0 Å². The molecule has 0 aliphatic heterocycles. The van der Waals surface area contributed by atoms with Gasteiger partial charge in [0.1, 0.15) is 5.82 Å². The summed E-state index contributed by atoms with van der Waals surface area (Å²) in [5.41, 5.74) is 1.05. The molecule has 0 aliphatic rings. The average molecular weight is 478 g/mol. The van der Waals surface area contributed by atoms with Gasteiger partial charge in [0, 0.05) is 29.2 Å². The highest BCUT2D eigenvalue weighted by Crippen LogP contribution is 2.30. The third kappa shape index (κ3) is 7.30. The van der Waals surface area contributed by atoms with Crippen LogP contribution in [-0.2, 0) is 17.5 Å². The van der Waals surface area contributed by atoms with Gasteiger partial charge in [0.2, 0.25) is 5.91 Å². The zero-order valence-corrected chi connectivity index (χ0v) is 18.9. The maximum Gasteiger partial charge on any atom is 0.417 e. The van der Waals surface area contributed by atoms with Crippen LogP contribution in [0.1, 0.15) is 25.0 Å². The molecule has 33 heavy (non-hydrogen) atoms. The maximum absolute atomic E-state index is 13.5. The molecule has 174 valence electrons. The Morgan fingerprint density at radius 1 is 1.09 bits per heavy atom. The van der Waals surface area contributed by atoms with E-state index >= 15 is 0 Å². The van der Waals surface area contributed by atoms with Gasteiger partial charge in [0.05, 0.1) is 17.8 Å². The topological polar surface area (TPSA) is 45.2 Å². The Bertz CT molecular complexity index is 1090. The number of amides is 1. The Balaban J connectivity index is 1.60. The third-order valence-corrected chi connectivity index (χ3v) is 5.95. The van der Waals surface area contributed by atoms with E-state index in [4.69, 9.17) is 0 Å². The van der Waals surface area contributed by atoms with Crippen LogP contribution in [0.5, 0.6) is 0 Å². The SMILES string of the molecule is CC(C)N(CC(=O)NCc1cccc(-c2ccc(C(F)(F)F)cn2)c1)Sc1cccc(F)c1. The van der Waals surface area contributed by atoms with Crippen molar-refractivity contribution in [3.63, 3.8) is 0 Å². The van der Waals surface area contributed by atoms with Crippen molar-refractivity contribution in [2.75, 3.05) is 6.54 Å². The zero-order chi connectivity index (χ0) is 24.0. The van der Waals surface area contributed by atoms with Crippen LogP contribution in [0.4, 0.5) is 17.6 Å². The molecule has 0 saturated heterocycles. The summed E-state index contributed by atoms with van der Waals surface area (Å²) in [5, 5.41) is 2.85. The summed E-state index contributed by atoms with van der Waals surface area (Å²) in [7, 11) is 0. The van der Waals surface area contributed by atoms with Crippen molar-refractivity contribution in [2.24, 2.45) is 0 Å². The first kappa shape index (κ1) is 24.7. The molecular weight excluding hydrogens is 454 g/mol. The summed E-state index contributed by atoms with van der Waals surface area (Å²) in [5.74, 6) is -0.541. The van der Waals surface area contributed by atoms with Crippen LogP contribution in [0, 0.1) is 5.82 Å². The molecule has 0 bridgehead atoms. The van der Waals surface area contributed by atoms with Gasteiger partial charge in [-0.05, 0) is 67.8 Å². The van der Waals surface area contributed by atoms with Crippen LogP contribution in [0.3, 0.4) is 0 Å². The van der Waals surface area contributed by atoms with Crippen molar-refractivity contribution in [3.8, 4) is 11.3 Å². The lowest BCUT2D eigenvalue weighted by Crippen LogP contribution is -2.36.